The first-order valence-corrected chi connectivity index (χ1v) is 7.70. The maximum Gasteiger partial charge on any atom is 0.132 e. The third-order valence-electron chi connectivity index (χ3n) is 4.87. The lowest BCUT2D eigenvalue weighted by Gasteiger charge is -2.43. The maximum absolute atomic E-state index is 14.3. The van der Waals surface area contributed by atoms with Crippen molar-refractivity contribution < 1.29 is 14.2 Å². The molecular formula is C17H26FNO2. The fourth-order valence-electron chi connectivity index (χ4n) is 3.45. The van der Waals surface area contributed by atoms with Gasteiger partial charge < -0.3 is 14.7 Å². The van der Waals surface area contributed by atoms with Gasteiger partial charge in [0.2, 0.25) is 0 Å². The zero-order chi connectivity index (χ0) is 15.5. The van der Waals surface area contributed by atoms with E-state index < -0.39 is 11.9 Å². The van der Waals surface area contributed by atoms with E-state index in [-0.39, 0.29) is 5.54 Å². The van der Waals surface area contributed by atoms with E-state index in [4.69, 9.17) is 4.74 Å². The molecule has 1 aromatic rings. The van der Waals surface area contributed by atoms with Crippen LogP contribution in [0.5, 0.6) is 5.75 Å². The molecule has 0 aliphatic heterocycles. The van der Waals surface area contributed by atoms with Gasteiger partial charge in [-0.1, -0.05) is 25.7 Å². The molecule has 1 N–H and O–H groups in total. The summed E-state index contributed by atoms with van der Waals surface area (Å²) in [6.07, 6.45) is 5.50. The Hall–Kier alpha value is -1.13. The fourth-order valence-corrected chi connectivity index (χ4v) is 3.45. The number of likely N-dealkylation sites (N-methyl/N-ethyl adjacent to an activating group) is 1. The van der Waals surface area contributed by atoms with E-state index in [1.807, 2.05) is 14.1 Å². The van der Waals surface area contributed by atoms with Gasteiger partial charge in [-0.15, -0.1) is 0 Å². The first-order chi connectivity index (χ1) is 10.0. The van der Waals surface area contributed by atoms with Crippen molar-refractivity contribution in [3.05, 3.63) is 29.6 Å². The predicted octanol–water partition coefficient (Wildman–Crippen LogP) is 3.52. The lowest BCUT2D eigenvalue weighted by molar-refractivity contribution is -0.0217. The summed E-state index contributed by atoms with van der Waals surface area (Å²) in [5, 5.41) is 10.9. The predicted molar refractivity (Wildman–Crippen MR) is 82.0 cm³/mol. The van der Waals surface area contributed by atoms with Crippen molar-refractivity contribution in [1.82, 2.24) is 4.90 Å². The molecule has 3 nitrogen and oxygen atoms in total. The second-order valence-corrected chi connectivity index (χ2v) is 6.20. The Balaban J connectivity index is 2.36. The Morgan fingerprint density at radius 3 is 2.29 bits per heavy atom. The number of rotatable bonds is 4. The van der Waals surface area contributed by atoms with Crippen molar-refractivity contribution in [1.29, 1.82) is 0 Å². The van der Waals surface area contributed by atoms with E-state index in [1.54, 1.807) is 12.1 Å². The van der Waals surface area contributed by atoms with Gasteiger partial charge in [0.15, 0.2) is 0 Å². The number of halogens is 1. The molecule has 0 amide bonds. The lowest BCUT2D eigenvalue weighted by Crippen LogP contribution is -2.49. The zero-order valence-electron chi connectivity index (χ0n) is 13.2. The summed E-state index contributed by atoms with van der Waals surface area (Å²) in [5.74, 6) is 0.0792. The SMILES string of the molecule is COc1ccc(C(O)C2(N(C)C)CCCCCC2)c(F)c1. The largest absolute Gasteiger partial charge is 0.497 e. The number of ether oxygens (including phenoxy) is 1. The normalized spacial score (nSPS) is 20.1. The molecule has 1 aliphatic carbocycles. The highest BCUT2D eigenvalue weighted by atomic mass is 19.1. The summed E-state index contributed by atoms with van der Waals surface area (Å²) in [7, 11) is 5.48. The topological polar surface area (TPSA) is 32.7 Å². The monoisotopic (exact) mass is 295 g/mol. The molecule has 1 aliphatic rings. The number of aliphatic hydroxyl groups excluding tert-OH is 1. The van der Waals surface area contributed by atoms with Gasteiger partial charge >= 0.3 is 0 Å². The van der Waals surface area contributed by atoms with Gasteiger partial charge in [-0.3, -0.25) is 0 Å². The van der Waals surface area contributed by atoms with E-state index in [9.17, 15) is 9.50 Å². The number of aliphatic hydroxyl groups is 1. The second kappa shape index (κ2) is 6.75. The Kier molecular flexibility index (Phi) is 5.22. The van der Waals surface area contributed by atoms with Crippen LogP contribution in [0.3, 0.4) is 0 Å². The summed E-state index contributed by atoms with van der Waals surface area (Å²) >= 11 is 0. The minimum Gasteiger partial charge on any atom is -0.497 e. The van der Waals surface area contributed by atoms with Crippen LogP contribution in [-0.4, -0.2) is 36.8 Å². The van der Waals surface area contributed by atoms with Crippen LogP contribution in [0.4, 0.5) is 4.39 Å². The van der Waals surface area contributed by atoms with Crippen molar-refractivity contribution >= 4 is 0 Å². The van der Waals surface area contributed by atoms with E-state index in [0.29, 0.717) is 11.3 Å². The number of hydrogen-bond acceptors (Lipinski definition) is 3. The second-order valence-electron chi connectivity index (χ2n) is 6.20. The van der Waals surface area contributed by atoms with Crippen molar-refractivity contribution in [2.45, 2.75) is 50.2 Å². The smallest absolute Gasteiger partial charge is 0.132 e. The van der Waals surface area contributed by atoms with Gasteiger partial charge in [-0.2, -0.15) is 0 Å². The molecule has 118 valence electrons. The Morgan fingerprint density at radius 1 is 1.19 bits per heavy atom. The van der Waals surface area contributed by atoms with Crippen molar-refractivity contribution in [3.63, 3.8) is 0 Å². The van der Waals surface area contributed by atoms with Gasteiger partial charge in [0.1, 0.15) is 17.7 Å². The molecule has 1 fully saturated rings. The van der Waals surface area contributed by atoms with Crippen molar-refractivity contribution in [2.24, 2.45) is 0 Å². The van der Waals surface area contributed by atoms with E-state index in [1.165, 1.54) is 26.0 Å². The number of nitrogens with zero attached hydrogens (tertiary/aromatic N) is 1. The molecule has 0 bridgehead atoms. The first-order valence-electron chi connectivity index (χ1n) is 7.70. The first kappa shape index (κ1) is 16.2. The van der Waals surface area contributed by atoms with Crippen LogP contribution < -0.4 is 4.74 Å². The zero-order valence-corrected chi connectivity index (χ0v) is 13.2. The molecule has 1 atom stereocenters. The summed E-state index contributed by atoms with van der Waals surface area (Å²) in [6.45, 7) is 0. The van der Waals surface area contributed by atoms with Crippen LogP contribution >= 0.6 is 0 Å². The van der Waals surface area contributed by atoms with E-state index in [2.05, 4.69) is 4.90 Å². The van der Waals surface area contributed by atoms with Crippen LogP contribution in [-0.2, 0) is 0 Å². The molecule has 0 radical (unpaired) electrons. The minimum atomic E-state index is -0.823. The molecule has 1 aromatic carbocycles. The molecule has 0 saturated heterocycles. The van der Waals surface area contributed by atoms with E-state index >= 15 is 0 Å². The number of hydrogen-bond donors (Lipinski definition) is 1. The van der Waals surface area contributed by atoms with Crippen molar-refractivity contribution in [2.75, 3.05) is 21.2 Å². The Labute approximate surface area is 126 Å². The number of methoxy groups -OCH3 is 1. The van der Waals surface area contributed by atoms with E-state index in [0.717, 1.165) is 25.7 Å². The third-order valence-corrected chi connectivity index (χ3v) is 4.87. The molecule has 4 heteroatoms. The van der Waals surface area contributed by atoms with Gasteiger partial charge in [0.05, 0.1) is 12.6 Å². The number of benzene rings is 1. The summed E-state index contributed by atoms with van der Waals surface area (Å²) in [5.41, 5.74) is -0.0160. The minimum absolute atomic E-state index is 0.367. The molecule has 0 spiro atoms. The molecule has 1 saturated carbocycles. The Morgan fingerprint density at radius 2 is 1.81 bits per heavy atom. The molecular weight excluding hydrogens is 269 g/mol. The quantitative estimate of drug-likeness (QED) is 0.863. The highest BCUT2D eigenvalue weighted by Gasteiger charge is 2.41. The fraction of sp³-hybridized carbons (Fsp3) is 0.647. The van der Waals surface area contributed by atoms with Gasteiger partial charge in [0.25, 0.3) is 0 Å². The summed E-state index contributed by atoms with van der Waals surface area (Å²) in [4.78, 5) is 2.08. The molecule has 0 aromatic heterocycles. The molecule has 21 heavy (non-hydrogen) atoms. The van der Waals surface area contributed by atoms with Crippen LogP contribution in [0, 0.1) is 5.82 Å². The summed E-state index contributed by atoms with van der Waals surface area (Å²) < 4.78 is 19.4. The van der Waals surface area contributed by atoms with Crippen LogP contribution in [0.25, 0.3) is 0 Å². The van der Waals surface area contributed by atoms with Crippen LogP contribution in [0.15, 0.2) is 18.2 Å². The van der Waals surface area contributed by atoms with Crippen LogP contribution in [0.2, 0.25) is 0 Å². The van der Waals surface area contributed by atoms with Gasteiger partial charge in [-0.25, -0.2) is 4.39 Å². The third kappa shape index (κ3) is 3.22. The Bertz CT molecular complexity index is 468. The lowest BCUT2D eigenvalue weighted by atomic mass is 9.80. The standard InChI is InChI=1S/C17H26FNO2/c1-19(2)17(10-6-4-5-7-11-17)16(20)14-9-8-13(21-3)12-15(14)18/h8-9,12,16,20H,4-7,10-11H2,1-3H3. The summed E-state index contributed by atoms with van der Waals surface area (Å²) in [6, 6.07) is 4.70. The molecule has 0 heterocycles. The molecule has 1 unspecified atom stereocenters. The van der Waals surface area contributed by atoms with Crippen molar-refractivity contribution in [3.8, 4) is 5.75 Å². The van der Waals surface area contributed by atoms with Gasteiger partial charge in [0, 0.05) is 11.6 Å². The average molecular weight is 295 g/mol. The highest BCUT2D eigenvalue weighted by molar-refractivity contribution is 5.32. The van der Waals surface area contributed by atoms with Gasteiger partial charge in [-0.05, 0) is 39.1 Å². The maximum atomic E-state index is 14.3. The highest BCUT2D eigenvalue weighted by Crippen LogP contribution is 2.42. The van der Waals surface area contributed by atoms with Crippen LogP contribution in [0.1, 0.15) is 50.2 Å². The average Bonchev–Trinajstić information content (AvgIpc) is 2.73. The molecule has 2 rings (SSSR count).